The summed E-state index contributed by atoms with van der Waals surface area (Å²) in [7, 11) is -1.64. The maximum Gasteiger partial charge on any atom is 0.216 e. The van der Waals surface area contributed by atoms with Crippen molar-refractivity contribution in [2.24, 2.45) is 5.73 Å². The van der Waals surface area contributed by atoms with Crippen molar-refractivity contribution in [3.8, 4) is 11.8 Å². The summed E-state index contributed by atoms with van der Waals surface area (Å²) in [6.45, 7) is 4.01. The maximum atomic E-state index is 12.0. The molecule has 1 aromatic rings. The Bertz CT molecular complexity index is 583. The van der Waals surface area contributed by atoms with Crippen LogP contribution in [0.15, 0.2) is 24.3 Å². The van der Waals surface area contributed by atoms with Crippen LogP contribution in [0.2, 0.25) is 0 Å². The first-order valence-electron chi connectivity index (χ1n) is 6.11. The van der Waals surface area contributed by atoms with Crippen molar-refractivity contribution in [3.05, 3.63) is 35.4 Å². The van der Waals surface area contributed by atoms with Gasteiger partial charge in [0, 0.05) is 19.2 Å². The molecule has 0 fully saturated rings. The van der Waals surface area contributed by atoms with Gasteiger partial charge in [-0.1, -0.05) is 24.0 Å². The Labute approximate surface area is 115 Å². The highest BCUT2D eigenvalue weighted by Gasteiger charge is 2.21. The summed E-state index contributed by atoms with van der Waals surface area (Å²) in [5.41, 5.74) is 7.08. The van der Waals surface area contributed by atoms with E-state index in [0.717, 1.165) is 11.1 Å². The van der Waals surface area contributed by atoms with Gasteiger partial charge in [0.05, 0.1) is 11.8 Å². The minimum absolute atomic E-state index is 0.311. The van der Waals surface area contributed by atoms with Crippen LogP contribution in [0.3, 0.4) is 0 Å². The predicted octanol–water partition coefficient (Wildman–Crippen LogP) is 1.17. The lowest BCUT2D eigenvalue weighted by Crippen LogP contribution is -2.32. The topological polar surface area (TPSA) is 63.4 Å². The molecule has 0 aliphatic heterocycles. The van der Waals surface area contributed by atoms with E-state index in [0.29, 0.717) is 13.1 Å². The summed E-state index contributed by atoms with van der Waals surface area (Å²) >= 11 is 0. The van der Waals surface area contributed by atoms with Gasteiger partial charge < -0.3 is 5.73 Å². The van der Waals surface area contributed by atoms with Gasteiger partial charge in [0.15, 0.2) is 0 Å². The molecule has 104 valence electrons. The van der Waals surface area contributed by atoms with E-state index in [-0.39, 0.29) is 0 Å². The lowest BCUT2D eigenvalue weighted by Gasteiger charge is -2.19. The standard InChI is InChI=1S/C14H20N2O2S/c1-12(2)19(17,18)16(3)11-14-7-4-6-13(10-14)8-5-9-15/h4,6-7,10,12H,9,11,15H2,1-3H3. The van der Waals surface area contributed by atoms with Gasteiger partial charge in [0.25, 0.3) is 0 Å². The van der Waals surface area contributed by atoms with Crippen LogP contribution in [-0.4, -0.2) is 31.6 Å². The average Bonchev–Trinajstić information content (AvgIpc) is 2.36. The largest absolute Gasteiger partial charge is 0.320 e. The molecule has 0 spiro atoms. The van der Waals surface area contributed by atoms with E-state index in [9.17, 15) is 8.42 Å². The summed E-state index contributed by atoms with van der Waals surface area (Å²) in [5, 5.41) is -0.419. The molecule has 0 aromatic heterocycles. The molecule has 0 heterocycles. The van der Waals surface area contributed by atoms with Gasteiger partial charge in [-0.05, 0) is 31.5 Å². The molecule has 0 bridgehead atoms. The summed E-state index contributed by atoms with van der Waals surface area (Å²) in [5.74, 6) is 5.72. The van der Waals surface area contributed by atoms with E-state index < -0.39 is 15.3 Å². The van der Waals surface area contributed by atoms with Crippen molar-refractivity contribution >= 4 is 10.0 Å². The van der Waals surface area contributed by atoms with E-state index in [2.05, 4.69) is 11.8 Å². The fourth-order valence-electron chi connectivity index (χ4n) is 1.61. The normalized spacial score (nSPS) is 11.5. The van der Waals surface area contributed by atoms with E-state index >= 15 is 0 Å². The van der Waals surface area contributed by atoms with E-state index in [1.807, 2.05) is 24.3 Å². The molecule has 0 amide bonds. The predicted molar refractivity (Wildman–Crippen MR) is 77.9 cm³/mol. The Kier molecular flexibility index (Phi) is 5.55. The van der Waals surface area contributed by atoms with Gasteiger partial charge in [-0.3, -0.25) is 0 Å². The first-order valence-corrected chi connectivity index (χ1v) is 7.61. The monoisotopic (exact) mass is 280 g/mol. The number of rotatable bonds is 4. The number of nitrogens with zero attached hydrogens (tertiary/aromatic N) is 1. The third kappa shape index (κ3) is 4.35. The van der Waals surface area contributed by atoms with Gasteiger partial charge in [0.2, 0.25) is 10.0 Å². The molecule has 0 saturated heterocycles. The van der Waals surface area contributed by atoms with Gasteiger partial charge in [-0.2, -0.15) is 0 Å². The van der Waals surface area contributed by atoms with Gasteiger partial charge in [-0.15, -0.1) is 0 Å². The molecule has 0 unspecified atom stereocenters. The smallest absolute Gasteiger partial charge is 0.216 e. The Hall–Kier alpha value is -1.35. The number of benzene rings is 1. The average molecular weight is 280 g/mol. The summed E-state index contributed by atoms with van der Waals surface area (Å²) in [6.07, 6.45) is 0. The van der Waals surface area contributed by atoms with E-state index in [1.165, 1.54) is 4.31 Å². The Balaban J connectivity index is 2.89. The molecular weight excluding hydrogens is 260 g/mol. The van der Waals surface area contributed by atoms with E-state index in [4.69, 9.17) is 5.73 Å². The van der Waals surface area contributed by atoms with E-state index in [1.54, 1.807) is 20.9 Å². The maximum absolute atomic E-state index is 12.0. The van der Waals surface area contributed by atoms with Crippen LogP contribution < -0.4 is 5.73 Å². The zero-order valence-corrected chi connectivity index (χ0v) is 12.4. The molecule has 0 aliphatic rings. The molecule has 1 rings (SSSR count). The van der Waals surface area contributed by atoms with Crippen LogP contribution >= 0.6 is 0 Å². The summed E-state index contributed by atoms with van der Waals surface area (Å²) in [4.78, 5) is 0. The summed E-state index contributed by atoms with van der Waals surface area (Å²) < 4.78 is 25.3. The van der Waals surface area contributed by atoms with Crippen molar-refractivity contribution in [2.75, 3.05) is 13.6 Å². The van der Waals surface area contributed by atoms with Crippen molar-refractivity contribution < 1.29 is 8.42 Å². The Morgan fingerprint density at radius 3 is 2.63 bits per heavy atom. The van der Waals surface area contributed by atoms with Gasteiger partial charge in [0.1, 0.15) is 0 Å². The fourth-order valence-corrected chi connectivity index (χ4v) is 2.66. The lowest BCUT2D eigenvalue weighted by atomic mass is 10.1. The third-order valence-corrected chi connectivity index (χ3v) is 4.89. The Morgan fingerprint density at radius 2 is 2.05 bits per heavy atom. The number of hydrogen-bond donors (Lipinski definition) is 1. The molecule has 0 radical (unpaired) electrons. The SMILES string of the molecule is CC(C)S(=O)(=O)N(C)Cc1cccc(C#CCN)c1. The zero-order valence-electron chi connectivity index (χ0n) is 11.6. The van der Waals surface area contributed by atoms with Crippen LogP contribution in [-0.2, 0) is 16.6 Å². The molecule has 4 nitrogen and oxygen atoms in total. The van der Waals surface area contributed by atoms with Crippen molar-refractivity contribution in [2.45, 2.75) is 25.6 Å². The highest BCUT2D eigenvalue weighted by Crippen LogP contribution is 2.12. The summed E-state index contributed by atoms with van der Waals surface area (Å²) in [6, 6.07) is 7.52. The number of sulfonamides is 1. The minimum Gasteiger partial charge on any atom is -0.320 e. The van der Waals surface area contributed by atoms with Gasteiger partial charge in [-0.25, -0.2) is 12.7 Å². The molecule has 0 atom stereocenters. The second-order valence-corrected chi connectivity index (χ2v) is 7.15. The second kappa shape index (κ2) is 6.71. The minimum atomic E-state index is -3.23. The van der Waals surface area contributed by atoms with Crippen LogP contribution in [0.5, 0.6) is 0 Å². The third-order valence-electron chi connectivity index (χ3n) is 2.70. The quantitative estimate of drug-likeness (QED) is 0.842. The molecule has 1 aromatic carbocycles. The fraction of sp³-hybridized carbons (Fsp3) is 0.429. The molecular formula is C14H20N2O2S. The van der Waals surface area contributed by atoms with Crippen LogP contribution in [0.1, 0.15) is 25.0 Å². The highest BCUT2D eigenvalue weighted by molar-refractivity contribution is 7.89. The van der Waals surface area contributed by atoms with Crippen LogP contribution in [0.4, 0.5) is 0 Å². The molecule has 0 saturated carbocycles. The Morgan fingerprint density at radius 1 is 1.37 bits per heavy atom. The number of hydrogen-bond acceptors (Lipinski definition) is 3. The molecule has 5 heteroatoms. The van der Waals surface area contributed by atoms with Crippen LogP contribution in [0.25, 0.3) is 0 Å². The highest BCUT2D eigenvalue weighted by atomic mass is 32.2. The number of nitrogens with two attached hydrogens (primary N) is 1. The van der Waals surface area contributed by atoms with Gasteiger partial charge >= 0.3 is 0 Å². The lowest BCUT2D eigenvalue weighted by molar-refractivity contribution is 0.459. The van der Waals surface area contributed by atoms with Crippen molar-refractivity contribution in [1.29, 1.82) is 0 Å². The van der Waals surface area contributed by atoms with Crippen molar-refractivity contribution in [3.63, 3.8) is 0 Å². The zero-order chi connectivity index (χ0) is 14.5. The van der Waals surface area contributed by atoms with Crippen molar-refractivity contribution in [1.82, 2.24) is 4.31 Å². The molecule has 0 aliphatic carbocycles. The first-order chi connectivity index (χ1) is 8.87. The second-order valence-electron chi connectivity index (χ2n) is 4.56. The first kappa shape index (κ1) is 15.7. The molecule has 2 N–H and O–H groups in total. The molecule has 19 heavy (non-hydrogen) atoms. The van der Waals surface area contributed by atoms with Crippen LogP contribution in [0, 0.1) is 11.8 Å².